The predicted octanol–water partition coefficient (Wildman–Crippen LogP) is 1.90. The van der Waals surface area contributed by atoms with Gasteiger partial charge >= 0.3 is 0 Å². The maximum Gasteiger partial charge on any atom is 0.256 e. The van der Waals surface area contributed by atoms with Crippen molar-refractivity contribution in [2.75, 3.05) is 5.32 Å². The van der Waals surface area contributed by atoms with Crippen molar-refractivity contribution in [1.29, 1.82) is 0 Å². The van der Waals surface area contributed by atoms with Gasteiger partial charge in [0.25, 0.3) is 11.5 Å². The van der Waals surface area contributed by atoms with Gasteiger partial charge in [0.1, 0.15) is 0 Å². The Morgan fingerprint density at radius 1 is 1.32 bits per heavy atom. The molecule has 1 heterocycles. The molecule has 3 N–H and O–H groups in total. The minimum atomic E-state index is -0.520. The van der Waals surface area contributed by atoms with E-state index in [-0.39, 0.29) is 11.4 Å². The molecular weight excluding hydrogens is 244 g/mol. The molecule has 1 aromatic carbocycles. The largest absolute Gasteiger partial charge is 0.494 e. The highest BCUT2D eigenvalue weighted by Gasteiger charge is 2.10. The number of hydrogen-bond acceptors (Lipinski definition) is 3. The van der Waals surface area contributed by atoms with Crippen LogP contribution in [0.3, 0.4) is 0 Å². The zero-order chi connectivity index (χ0) is 13.8. The second-order valence-electron chi connectivity index (χ2n) is 4.08. The van der Waals surface area contributed by atoms with E-state index in [1.165, 1.54) is 6.07 Å². The van der Waals surface area contributed by atoms with Crippen LogP contribution in [0.1, 0.15) is 22.8 Å². The van der Waals surface area contributed by atoms with E-state index in [9.17, 15) is 14.7 Å². The number of aromatic hydroxyl groups is 1. The zero-order valence-electron chi connectivity index (χ0n) is 10.4. The molecule has 1 aromatic heterocycles. The number of para-hydroxylation sites is 1. The van der Waals surface area contributed by atoms with E-state index in [1.807, 2.05) is 25.1 Å². The third-order valence-corrected chi connectivity index (χ3v) is 2.74. The number of pyridine rings is 1. The van der Waals surface area contributed by atoms with Gasteiger partial charge in [0.2, 0.25) is 0 Å². The van der Waals surface area contributed by atoms with Gasteiger partial charge in [-0.2, -0.15) is 0 Å². The van der Waals surface area contributed by atoms with Crippen LogP contribution >= 0.6 is 0 Å². The molecule has 5 heteroatoms. The molecule has 1 amide bonds. The number of aromatic amines is 1. The minimum absolute atomic E-state index is 0.118. The van der Waals surface area contributed by atoms with Crippen molar-refractivity contribution in [2.24, 2.45) is 0 Å². The Morgan fingerprint density at radius 2 is 2.05 bits per heavy atom. The highest BCUT2D eigenvalue weighted by molar-refractivity contribution is 6.04. The lowest BCUT2D eigenvalue weighted by Crippen LogP contribution is -2.16. The van der Waals surface area contributed by atoms with Crippen LogP contribution in [0.25, 0.3) is 0 Å². The van der Waals surface area contributed by atoms with Crippen LogP contribution in [-0.2, 0) is 6.42 Å². The van der Waals surface area contributed by atoms with Crippen molar-refractivity contribution in [2.45, 2.75) is 13.3 Å². The lowest BCUT2D eigenvalue weighted by atomic mass is 10.1. The Balaban J connectivity index is 2.28. The fourth-order valence-corrected chi connectivity index (χ4v) is 1.80. The van der Waals surface area contributed by atoms with E-state index in [0.717, 1.165) is 18.1 Å². The fourth-order valence-electron chi connectivity index (χ4n) is 1.80. The predicted molar refractivity (Wildman–Crippen MR) is 72.5 cm³/mol. The number of nitrogens with one attached hydrogen (secondary N) is 2. The summed E-state index contributed by atoms with van der Waals surface area (Å²) in [5, 5.41) is 12.0. The molecule has 0 aliphatic heterocycles. The van der Waals surface area contributed by atoms with E-state index >= 15 is 0 Å². The molecule has 0 saturated carbocycles. The van der Waals surface area contributed by atoms with Crippen molar-refractivity contribution in [3.8, 4) is 5.88 Å². The number of aromatic nitrogens is 1. The summed E-state index contributed by atoms with van der Waals surface area (Å²) >= 11 is 0. The van der Waals surface area contributed by atoms with Gasteiger partial charge in [-0.3, -0.25) is 14.6 Å². The van der Waals surface area contributed by atoms with Gasteiger partial charge in [0.05, 0.1) is 5.56 Å². The van der Waals surface area contributed by atoms with Crippen LogP contribution < -0.4 is 10.9 Å². The number of rotatable bonds is 3. The van der Waals surface area contributed by atoms with Crippen molar-refractivity contribution >= 4 is 11.6 Å². The third kappa shape index (κ3) is 3.01. The quantitative estimate of drug-likeness (QED) is 0.786. The second kappa shape index (κ2) is 5.39. The molecule has 2 rings (SSSR count). The van der Waals surface area contributed by atoms with Crippen LogP contribution in [0.4, 0.5) is 5.69 Å². The Labute approximate surface area is 109 Å². The van der Waals surface area contributed by atoms with Crippen molar-refractivity contribution in [3.05, 3.63) is 57.9 Å². The van der Waals surface area contributed by atoms with Crippen LogP contribution in [0.15, 0.2) is 41.2 Å². The maximum atomic E-state index is 12.0. The highest BCUT2D eigenvalue weighted by atomic mass is 16.3. The van der Waals surface area contributed by atoms with Crippen LogP contribution in [0, 0.1) is 0 Å². The van der Waals surface area contributed by atoms with Gasteiger partial charge in [-0.1, -0.05) is 25.1 Å². The van der Waals surface area contributed by atoms with E-state index in [4.69, 9.17) is 0 Å². The zero-order valence-corrected chi connectivity index (χ0v) is 10.4. The normalized spacial score (nSPS) is 10.2. The Bertz CT molecular complexity index is 662. The molecule has 0 aliphatic carbocycles. The monoisotopic (exact) mass is 258 g/mol. The molecule has 0 bridgehead atoms. The number of anilines is 1. The minimum Gasteiger partial charge on any atom is -0.494 e. The van der Waals surface area contributed by atoms with Gasteiger partial charge in [-0.05, 0) is 18.1 Å². The second-order valence-corrected chi connectivity index (χ2v) is 4.08. The molecule has 5 nitrogen and oxygen atoms in total. The standard InChI is InChI=1S/C14H14N2O3/c1-2-9-5-3-4-6-11(9)15-14(19)10-7-12(17)16-13(18)8-10/h3-8H,2H2,1H3,(H,15,19)(H2,16,17,18). The van der Waals surface area contributed by atoms with E-state index in [2.05, 4.69) is 10.3 Å². The number of H-pyrrole nitrogens is 1. The summed E-state index contributed by atoms with van der Waals surface area (Å²) in [7, 11) is 0. The smallest absolute Gasteiger partial charge is 0.256 e. The molecule has 0 atom stereocenters. The van der Waals surface area contributed by atoms with Crippen molar-refractivity contribution in [1.82, 2.24) is 4.98 Å². The summed E-state index contributed by atoms with van der Waals surface area (Å²) < 4.78 is 0. The number of carbonyl (C=O) groups is 1. The average molecular weight is 258 g/mol. The molecule has 98 valence electrons. The molecular formula is C14H14N2O3. The first-order valence-corrected chi connectivity index (χ1v) is 5.92. The molecule has 0 spiro atoms. The number of hydrogen-bond donors (Lipinski definition) is 3. The summed E-state index contributed by atoms with van der Waals surface area (Å²) in [6.07, 6.45) is 0.789. The summed E-state index contributed by atoms with van der Waals surface area (Å²) in [5.41, 5.74) is 1.31. The summed E-state index contributed by atoms with van der Waals surface area (Å²) in [5.74, 6) is -0.760. The first kappa shape index (κ1) is 12.9. The van der Waals surface area contributed by atoms with Gasteiger partial charge in [-0.15, -0.1) is 0 Å². The first-order chi connectivity index (χ1) is 9.10. The van der Waals surface area contributed by atoms with E-state index < -0.39 is 11.5 Å². The van der Waals surface area contributed by atoms with Gasteiger partial charge in [0, 0.05) is 17.8 Å². The SMILES string of the molecule is CCc1ccccc1NC(=O)c1cc(O)[nH]c(=O)c1. The molecule has 2 aromatic rings. The van der Waals surface area contributed by atoms with Crippen LogP contribution in [0.2, 0.25) is 0 Å². The highest BCUT2D eigenvalue weighted by Crippen LogP contribution is 2.16. The number of amides is 1. The lowest BCUT2D eigenvalue weighted by Gasteiger charge is -2.09. The number of carbonyl (C=O) groups excluding carboxylic acids is 1. The maximum absolute atomic E-state index is 12.0. The van der Waals surface area contributed by atoms with Crippen molar-refractivity contribution < 1.29 is 9.90 Å². The summed E-state index contributed by atoms with van der Waals surface area (Å²) in [6, 6.07) is 9.79. The van der Waals surface area contributed by atoms with Crippen LogP contribution in [0.5, 0.6) is 5.88 Å². The fraction of sp³-hybridized carbons (Fsp3) is 0.143. The summed E-state index contributed by atoms with van der Waals surface area (Å²) in [6.45, 7) is 1.99. The van der Waals surface area contributed by atoms with E-state index in [1.54, 1.807) is 6.07 Å². The third-order valence-electron chi connectivity index (χ3n) is 2.74. The number of benzene rings is 1. The van der Waals surface area contributed by atoms with Gasteiger partial charge in [-0.25, -0.2) is 0 Å². The van der Waals surface area contributed by atoms with Gasteiger partial charge in [0.15, 0.2) is 5.88 Å². The Hall–Kier alpha value is -2.56. The Kier molecular flexibility index (Phi) is 3.66. The molecule has 0 unspecified atom stereocenters. The topological polar surface area (TPSA) is 82.2 Å². The molecule has 0 fully saturated rings. The molecule has 0 aliphatic rings. The van der Waals surface area contributed by atoms with Crippen molar-refractivity contribution in [3.63, 3.8) is 0 Å². The Morgan fingerprint density at radius 3 is 2.74 bits per heavy atom. The van der Waals surface area contributed by atoms with Gasteiger partial charge < -0.3 is 10.4 Å². The number of aryl methyl sites for hydroxylation is 1. The molecule has 19 heavy (non-hydrogen) atoms. The average Bonchev–Trinajstić information content (AvgIpc) is 2.38. The lowest BCUT2D eigenvalue weighted by molar-refractivity contribution is 0.102. The van der Waals surface area contributed by atoms with E-state index in [0.29, 0.717) is 5.69 Å². The molecule has 0 radical (unpaired) electrons. The summed E-state index contributed by atoms with van der Waals surface area (Å²) in [4.78, 5) is 25.4. The molecule has 0 saturated heterocycles. The van der Waals surface area contributed by atoms with Crippen LogP contribution in [-0.4, -0.2) is 16.0 Å². The first-order valence-electron chi connectivity index (χ1n) is 5.92.